The minimum absolute atomic E-state index is 0.0676. The first-order valence-electron chi connectivity index (χ1n) is 13.3. The summed E-state index contributed by atoms with van der Waals surface area (Å²) in [5, 5.41) is 0. The molecular weight excluding hydrogens is 396 g/mol. The quantitative estimate of drug-likeness (QED) is 0.268. The van der Waals surface area contributed by atoms with Crippen LogP contribution < -0.4 is 5.73 Å². The molecule has 1 aliphatic rings. The average molecular weight is 443 g/mol. The molecule has 1 atom stereocenters. The summed E-state index contributed by atoms with van der Waals surface area (Å²) in [6, 6.07) is 7.24. The molecule has 0 radical (unpaired) electrons. The van der Waals surface area contributed by atoms with Crippen LogP contribution in [0, 0.1) is 0 Å². The highest BCUT2D eigenvalue weighted by molar-refractivity contribution is 5.88. The molecule has 0 bridgehead atoms. The van der Waals surface area contributed by atoms with Crippen LogP contribution in [0.2, 0.25) is 0 Å². The van der Waals surface area contributed by atoms with Crippen LogP contribution in [0.15, 0.2) is 24.3 Å². The van der Waals surface area contributed by atoms with Gasteiger partial charge in [-0.15, -0.1) is 0 Å². The predicted molar refractivity (Wildman–Crippen MR) is 133 cm³/mol. The molecule has 2 amide bonds. The molecule has 180 valence electrons. The lowest BCUT2D eigenvalue weighted by Crippen LogP contribution is -2.45. The largest absolute Gasteiger partial charge is 0.368 e. The summed E-state index contributed by atoms with van der Waals surface area (Å²) in [6.07, 6.45) is 21.0. The fourth-order valence-electron chi connectivity index (χ4n) is 4.93. The molecule has 4 nitrogen and oxygen atoms in total. The molecule has 0 spiro atoms. The summed E-state index contributed by atoms with van der Waals surface area (Å²) in [5.41, 5.74) is 7.69. The summed E-state index contributed by atoms with van der Waals surface area (Å²) in [7, 11) is 0. The van der Waals surface area contributed by atoms with Crippen molar-refractivity contribution >= 4 is 11.8 Å². The Balaban J connectivity index is 1.50. The Morgan fingerprint density at radius 1 is 0.812 bits per heavy atom. The van der Waals surface area contributed by atoms with Crippen LogP contribution in [0.3, 0.4) is 0 Å². The Morgan fingerprint density at radius 3 is 1.84 bits per heavy atom. The van der Waals surface area contributed by atoms with Gasteiger partial charge >= 0.3 is 0 Å². The fourth-order valence-corrected chi connectivity index (χ4v) is 4.93. The van der Waals surface area contributed by atoms with Gasteiger partial charge in [0.25, 0.3) is 0 Å². The normalized spacial score (nSPS) is 15.5. The van der Waals surface area contributed by atoms with E-state index in [2.05, 4.69) is 6.92 Å². The zero-order chi connectivity index (χ0) is 23.0. The molecule has 0 saturated heterocycles. The molecule has 0 saturated carbocycles. The van der Waals surface area contributed by atoms with Crippen molar-refractivity contribution in [2.75, 3.05) is 6.54 Å². The summed E-state index contributed by atoms with van der Waals surface area (Å²) in [4.78, 5) is 26.6. The second-order valence-corrected chi connectivity index (χ2v) is 9.54. The Hall–Kier alpha value is -1.84. The highest BCUT2D eigenvalue weighted by atomic mass is 16.2. The summed E-state index contributed by atoms with van der Waals surface area (Å²) < 4.78 is 0. The second kappa shape index (κ2) is 15.9. The fraction of sp³-hybridized carbons (Fsp3) is 0.714. The van der Waals surface area contributed by atoms with Gasteiger partial charge in [-0.1, -0.05) is 121 Å². The molecule has 0 aromatic heterocycles. The van der Waals surface area contributed by atoms with Crippen molar-refractivity contribution in [3.63, 3.8) is 0 Å². The molecule has 0 fully saturated rings. The maximum Gasteiger partial charge on any atom is 0.244 e. The van der Waals surface area contributed by atoms with Crippen LogP contribution in [0.4, 0.5) is 0 Å². The highest BCUT2D eigenvalue weighted by Crippen LogP contribution is 2.30. The molecule has 32 heavy (non-hydrogen) atoms. The van der Waals surface area contributed by atoms with Gasteiger partial charge in [-0.25, -0.2) is 0 Å². The third-order valence-corrected chi connectivity index (χ3v) is 6.87. The smallest absolute Gasteiger partial charge is 0.244 e. The van der Waals surface area contributed by atoms with E-state index in [-0.39, 0.29) is 5.91 Å². The van der Waals surface area contributed by atoms with E-state index in [1.165, 1.54) is 83.5 Å². The topological polar surface area (TPSA) is 63.4 Å². The third-order valence-electron chi connectivity index (χ3n) is 6.87. The Bertz CT molecular complexity index is 673. The van der Waals surface area contributed by atoms with E-state index in [9.17, 15) is 9.59 Å². The zero-order valence-electron chi connectivity index (χ0n) is 20.5. The highest BCUT2D eigenvalue weighted by Gasteiger charge is 2.33. The molecule has 1 aromatic rings. The second-order valence-electron chi connectivity index (χ2n) is 9.54. The molecule has 1 unspecified atom stereocenters. The maximum atomic E-state index is 12.8. The minimum atomic E-state index is -0.608. The van der Waals surface area contributed by atoms with E-state index in [0.717, 1.165) is 30.4 Å². The molecule has 1 heterocycles. The SMILES string of the molecule is CCCCCCCCCCCCCCCCCC(=O)N1CCc2ccccc2C1C(N)=O. The van der Waals surface area contributed by atoms with Crippen LogP contribution in [0.5, 0.6) is 0 Å². The number of amides is 2. The zero-order valence-corrected chi connectivity index (χ0v) is 20.5. The number of primary amides is 1. The number of nitrogens with two attached hydrogens (primary N) is 1. The van der Waals surface area contributed by atoms with Gasteiger partial charge in [0.2, 0.25) is 11.8 Å². The summed E-state index contributed by atoms with van der Waals surface area (Å²) in [5.74, 6) is -0.361. The van der Waals surface area contributed by atoms with Gasteiger partial charge < -0.3 is 10.6 Å². The first kappa shape index (κ1) is 26.4. The summed E-state index contributed by atoms with van der Waals surface area (Å²) in [6.45, 7) is 2.86. The van der Waals surface area contributed by atoms with Crippen LogP contribution >= 0.6 is 0 Å². The van der Waals surface area contributed by atoms with Gasteiger partial charge in [-0.05, 0) is 24.0 Å². The monoisotopic (exact) mass is 442 g/mol. The minimum Gasteiger partial charge on any atom is -0.368 e. The van der Waals surface area contributed by atoms with Crippen molar-refractivity contribution in [3.05, 3.63) is 35.4 Å². The number of carbonyl (C=O) groups excluding carboxylic acids is 2. The lowest BCUT2D eigenvalue weighted by atomic mass is 9.91. The molecule has 1 aromatic carbocycles. The number of benzene rings is 1. The number of fused-ring (bicyclic) bond motifs is 1. The Labute approximate surface area is 196 Å². The van der Waals surface area contributed by atoms with E-state index in [1.54, 1.807) is 4.90 Å². The third kappa shape index (κ3) is 9.34. The van der Waals surface area contributed by atoms with Gasteiger partial charge in [-0.3, -0.25) is 9.59 Å². The van der Waals surface area contributed by atoms with Crippen LogP contribution in [0.1, 0.15) is 127 Å². The van der Waals surface area contributed by atoms with Gasteiger partial charge in [0.05, 0.1) is 0 Å². The molecule has 0 aliphatic carbocycles. The lowest BCUT2D eigenvalue weighted by molar-refractivity contribution is -0.140. The van der Waals surface area contributed by atoms with Gasteiger partial charge in [-0.2, -0.15) is 0 Å². The van der Waals surface area contributed by atoms with E-state index < -0.39 is 11.9 Å². The van der Waals surface area contributed by atoms with Crippen molar-refractivity contribution in [3.8, 4) is 0 Å². The molecular formula is C28H46N2O2. The molecule has 4 heteroatoms. The van der Waals surface area contributed by atoms with Crippen LogP contribution in [0.25, 0.3) is 0 Å². The van der Waals surface area contributed by atoms with Gasteiger partial charge in [0, 0.05) is 13.0 Å². The number of rotatable bonds is 17. The van der Waals surface area contributed by atoms with Crippen molar-refractivity contribution < 1.29 is 9.59 Å². The number of unbranched alkanes of at least 4 members (excludes halogenated alkanes) is 14. The van der Waals surface area contributed by atoms with Crippen molar-refractivity contribution in [2.45, 2.75) is 122 Å². The van der Waals surface area contributed by atoms with Crippen molar-refractivity contribution in [2.24, 2.45) is 5.73 Å². The number of hydrogen-bond acceptors (Lipinski definition) is 2. The van der Waals surface area contributed by atoms with Crippen LogP contribution in [-0.4, -0.2) is 23.3 Å². The molecule has 1 aliphatic heterocycles. The van der Waals surface area contributed by atoms with E-state index in [1.807, 2.05) is 24.3 Å². The van der Waals surface area contributed by atoms with Crippen LogP contribution in [-0.2, 0) is 16.0 Å². The number of carbonyl (C=O) groups is 2. The summed E-state index contributed by atoms with van der Waals surface area (Å²) >= 11 is 0. The van der Waals surface area contributed by atoms with E-state index >= 15 is 0 Å². The van der Waals surface area contributed by atoms with E-state index in [0.29, 0.717) is 13.0 Å². The predicted octanol–water partition coefficient (Wildman–Crippen LogP) is 6.86. The van der Waals surface area contributed by atoms with Crippen molar-refractivity contribution in [1.82, 2.24) is 4.90 Å². The number of hydrogen-bond donors (Lipinski definition) is 1. The average Bonchev–Trinajstić information content (AvgIpc) is 2.80. The van der Waals surface area contributed by atoms with Gasteiger partial charge in [0.15, 0.2) is 0 Å². The maximum absolute atomic E-state index is 12.8. The Morgan fingerprint density at radius 2 is 1.31 bits per heavy atom. The van der Waals surface area contributed by atoms with Crippen molar-refractivity contribution in [1.29, 1.82) is 0 Å². The first-order chi connectivity index (χ1) is 15.6. The standard InChI is InChI=1S/C28H46N2O2/c1-2-3-4-5-6-7-8-9-10-11-12-13-14-15-16-21-26(31)30-23-22-24-19-17-18-20-25(24)27(30)28(29)32/h17-20,27H,2-16,21-23H2,1H3,(H2,29,32). The molecule has 2 rings (SSSR count). The van der Waals surface area contributed by atoms with E-state index in [4.69, 9.17) is 5.73 Å². The molecule has 2 N–H and O–H groups in total. The number of nitrogens with zero attached hydrogens (tertiary/aromatic N) is 1. The lowest BCUT2D eigenvalue weighted by Gasteiger charge is -2.35. The first-order valence-corrected chi connectivity index (χ1v) is 13.3. The Kier molecular flexibility index (Phi) is 13.1. The van der Waals surface area contributed by atoms with Gasteiger partial charge in [0.1, 0.15) is 6.04 Å².